The highest BCUT2D eigenvalue weighted by Crippen LogP contribution is 2.08. The molecule has 0 amide bonds. The van der Waals surface area contributed by atoms with Crippen molar-refractivity contribution in [2.24, 2.45) is 0 Å². The second-order valence-electron chi connectivity index (χ2n) is 3.23. The van der Waals surface area contributed by atoms with Crippen LogP contribution in [0.2, 0.25) is 0 Å². The third-order valence-corrected chi connectivity index (χ3v) is 0.851. The summed E-state index contributed by atoms with van der Waals surface area (Å²) in [5, 5.41) is 0. The summed E-state index contributed by atoms with van der Waals surface area (Å²) in [5.41, 5.74) is -0.458. The molecular formula is C8H13O3. The number of hydrogen-bond donors (Lipinski definition) is 0. The number of rotatable bonds is 3. The van der Waals surface area contributed by atoms with Gasteiger partial charge in [-0.05, 0) is 20.8 Å². The molecule has 0 fully saturated rings. The van der Waals surface area contributed by atoms with Crippen LogP contribution in [0.15, 0.2) is 0 Å². The van der Waals surface area contributed by atoms with Crippen LogP contribution in [0.4, 0.5) is 0 Å². The molecule has 3 nitrogen and oxygen atoms in total. The van der Waals surface area contributed by atoms with Crippen LogP contribution in [-0.2, 0) is 14.3 Å². The summed E-state index contributed by atoms with van der Waals surface area (Å²) in [5.74, 6) is -0.346. The SMILES string of the molecule is CC(C)(C)OC(=O)CC[C]=O. The highest BCUT2D eigenvalue weighted by atomic mass is 16.6. The standard InChI is InChI=1S/C8H13O3/c1-8(2,3)11-7(10)5-4-6-9/h4-5H2,1-3H3. The third-order valence-electron chi connectivity index (χ3n) is 0.851. The first-order valence-electron chi connectivity index (χ1n) is 3.52. The van der Waals surface area contributed by atoms with Crippen molar-refractivity contribution in [3.05, 3.63) is 0 Å². The largest absolute Gasteiger partial charge is 0.460 e. The van der Waals surface area contributed by atoms with Crippen molar-refractivity contribution >= 4 is 12.3 Å². The van der Waals surface area contributed by atoms with Crippen molar-refractivity contribution in [2.75, 3.05) is 0 Å². The molecule has 0 aliphatic rings. The van der Waals surface area contributed by atoms with E-state index in [1.54, 1.807) is 27.1 Å². The highest BCUT2D eigenvalue weighted by molar-refractivity contribution is 5.72. The quantitative estimate of drug-likeness (QED) is 0.578. The van der Waals surface area contributed by atoms with Crippen LogP contribution in [0.25, 0.3) is 0 Å². The predicted molar refractivity (Wildman–Crippen MR) is 40.8 cm³/mol. The molecule has 0 bridgehead atoms. The Kier molecular flexibility index (Phi) is 3.79. The van der Waals surface area contributed by atoms with E-state index in [0.29, 0.717) is 0 Å². The third kappa shape index (κ3) is 7.03. The van der Waals surface area contributed by atoms with Gasteiger partial charge in [-0.25, -0.2) is 0 Å². The summed E-state index contributed by atoms with van der Waals surface area (Å²) in [6.45, 7) is 5.36. The van der Waals surface area contributed by atoms with E-state index < -0.39 is 5.60 Å². The zero-order valence-corrected chi connectivity index (χ0v) is 7.14. The summed E-state index contributed by atoms with van der Waals surface area (Å²) in [6, 6.07) is 0. The molecule has 0 aromatic rings. The Balaban J connectivity index is 3.61. The van der Waals surface area contributed by atoms with Gasteiger partial charge in [0.25, 0.3) is 0 Å². The molecule has 3 heteroatoms. The Morgan fingerprint density at radius 2 is 2.00 bits per heavy atom. The maximum atomic E-state index is 10.8. The number of esters is 1. The van der Waals surface area contributed by atoms with E-state index >= 15 is 0 Å². The minimum Gasteiger partial charge on any atom is -0.460 e. The molecule has 0 atom stereocenters. The fraction of sp³-hybridized carbons (Fsp3) is 0.750. The molecule has 1 radical (unpaired) electrons. The van der Waals surface area contributed by atoms with E-state index in [4.69, 9.17) is 4.74 Å². The number of ether oxygens (including phenoxy) is 1. The molecule has 0 saturated carbocycles. The van der Waals surface area contributed by atoms with E-state index in [-0.39, 0.29) is 18.8 Å². The van der Waals surface area contributed by atoms with E-state index in [0.717, 1.165) is 0 Å². The second-order valence-corrected chi connectivity index (χ2v) is 3.23. The van der Waals surface area contributed by atoms with E-state index in [9.17, 15) is 9.59 Å². The maximum Gasteiger partial charge on any atom is 0.306 e. The predicted octanol–water partition coefficient (Wildman–Crippen LogP) is 1.22. The summed E-state index contributed by atoms with van der Waals surface area (Å²) < 4.78 is 4.92. The van der Waals surface area contributed by atoms with Crippen molar-refractivity contribution in [3.63, 3.8) is 0 Å². The monoisotopic (exact) mass is 157 g/mol. The van der Waals surface area contributed by atoms with E-state index in [1.807, 2.05) is 0 Å². The molecule has 0 aromatic carbocycles. The van der Waals surface area contributed by atoms with Crippen molar-refractivity contribution in [1.82, 2.24) is 0 Å². The lowest BCUT2D eigenvalue weighted by atomic mass is 10.2. The van der Waals surface area contributed by atoms with Crippen LogP contribution in [0.1, 0.15) is 33.6 Å². The van der Waals surface area contributed by atoms with Gasteiger partial charge in [-0.2, -0.15) is 0 Å². The first-order chi connectivity index (χ1) is 4.95. The first-order valence-corrected chi connectivity index (χ1v) is 3.52. The van der Waals surface area contributed by atoms with Gasteiger partial charge < -0.3 is 4.74 Å². The Hall–Kier alpha value is -0.860. The number of hydrogen-bond acceptors (Lipinski definition) is 3. The molecule has 0 aliphatic carbocycles. The molecule has 0 heterocycles. The number of carbonyl (C=O) groups excluding carboxylic acids is 2. The maximum absolute atomic E-state index is 10.8. The van der Waals surface area contributed by atoms with E-state index in [1.165, 1.54) is 0 Å². The smallest absolute Gasteiger partial charge is 0.306 e. The van der Waals surface area contributed by atoms with Crippen LogP contribution in [0.3, 0.4) is 0 Å². The normalized spacial score (nSPS) is 10.8. The highest BCUT2D eigenvalue weighted by Gasteiger charge is 2.15. The van der Waals surface area contributed by atoms with Crippen LogP contribution >= 0.6 is 0 Å². The Morgan fingerprint density at radius 3 is 2.36 bits per heavy atom. The Morgan fingerprint density at radius 1 is 1.45 bits per heavy atom. The minimum atomic E-state index is -0.458. The Labute approximate surface area is 66.7 Å². The van der Waals surface area contributed by atoms with Gasteiger partial charge in [0.05, 0.1) is 6.42 Å². The molecule has 63 valence electrons. The lowest BCUT2D eigenvalue weighted by Crippen LogP contribution is -2.23. The van der Waals surface area contributed by atoms with Crippen LogP contribution in [-0.4, -0.2) is 17.9 Å². The minimum absolute atomic E-state index is 0.120. The lowest BCUT2D eigenvalue weighted by molar-refractivity contribution is -0.154. The van der Waals surface area contributed by atoms with Gasteiger partial charge in [0.1, 0.15) is 5.60 Å². The van der Waals surface area contributed by atoms with Gasteiger partial charge in [0.15, 0.2) is 6.29 Å². The van der Waals surface area contributed by atoms with Gasteiger partial charge >= 0.3 is 5.97 Å². The summed E-state index contributed by atoms with van der Waals surface area (Å²) in [6.07, 6.45) is 1.88. The van der Waals surface area contributed by atoms with Crippen molar-refractivity contribution < 1.29 is 14.3 Å². The van der Waals surface area contributed by atoms with Crippen LogP contribution < -0.4 is 0 Å². The summed E-state index contributed by atoms with van der Waals surface area (Å²) >= 11 is 0. The molecule has 11 heavy (non-hydrogen) atoms. The Bertz CT molecular complexity index is 144. The molecule has 0 N–H and O–H groups in total. The molecule has 0 aliphatic heterocycles. The molecule has 0 spiro atoms. The van der Waals surface area contributed by atoms with Crippen LogP contribution in [0.5, 0.6) is 0 Å². The zero-order chi connectivity index (χ0) is 8.91. The molecule has 0 unspecified atom stereocenters. The number of carbonyl (C=O) groups is 1. The molecule has 0 saturated heterocycles. The summed E-state index contributed by atoms with van der Waals surface area (Å²) in [7, 11) is 0. The van der Waals surface area contributed by atoms with Gasteiger partial charge in [0.2, 0.25) is 0 Å². The van der Waals surface area contributed by atoms with E-state index in [2.05, 4.69) is 0 Å². The zero-order valence-electron chi connectivity index (χ0n) is 7.14. The first kappa shape index (κ1) is 10.1. The average Bonchev–Trinajstić information content (AvgIpc) is 1.79. The van der Waals surface area contributed by atoms with Crippen molar-refractivity contribution in [1.29, 1.82) is 0 Å². The van der Waals surface area contributed by atoms with Gasteiger partial charge in [-0.3, -0.25) is 9.59 Å². The fourth-order valence-corrected chi connectivity index (χ4v) is 0.546. The lowest BCUT2D eigenvalue weighted by Gasteiger charge is -2.18. The summed E-state index contributed by atoms with van der Waals surface area (Å²) in [4.78, 5) is 20.6. The second kappa shape index (κ2) is 4.11. The van der Waals surface area contributed by atoms with Gasteiger partial charge in [0, 0.05) is 6.42 Å². The average molecular weight is 157 g/mol. The van der Waals surface area contributed by atoms with Crippen LogP contribution in [0, 0.1) is 0 Å². The topological polar surface area (TPSA) is 43.4 Å². The molecule has 0 aromatic heterocycles. The van der Waals surface area contributed by atoms with Crippen molar-refractivity contribution in [3.8, 4) is 0 Å². The van der Waals surface area contributed by atoms with Crippen molar-refractivity contribution in [2.45, 2.75) is 39.2 Å². The van der Waals surface area contributed by atoms with Gasteiger partial charge in [-0.15, -0.1) is 0 Å². The molecule has 0 rings (SSSR count). The fourth-order valence-electron chi connectivity index (χ4n) is 0.546. The molecular weight excluding hydrogens is 144 g/mol. The van der Waals surface area contributed by atoms with Gasteiger partial charge in [-0.1, -0.05) is 0 Å².